The Hall–Kier alpha value is -0.490. The Balaban J connectivity index is 1.64. The first kappa shape index (κ1) is 23.2. The molecular formula is C14H19F2N4O5P2S2+. The van der Waals surface area contributed by atoms with Crippen LogP contribution in [0.1, 0.15) is 5.82 Å². The van der Waals surface area contributed by atoms with Crippen LogP contribution in [0.3, 0.4) is 0 Å². The van der Waals surface area contributed by atoms with Gasteiger partial charge in [-0.15, -0.1) is 0 Å². The van der Waals surface area contributed by atoms with E-state index in [1.165, 1.54) is 19.4 Å². The number of ether oxygens (including phenoxy) is 2. The highest BCUT2D eigenvalue weighted by molar-refractivity contribution is 8.42. The van der Waals surface area contributed by atoms with E-state index in [0.29, 0.717) is 30.1 Å². The number of halogens is 2. The van der Waals surface area contributed by atoms with Gasteiger partial charge >= 0.3 is 6.97 Å². The average molecular weight is 487 g/mol. The second-order valence-electron chi connectivity index (χ2n) is 5.77. The lowest BCUT2D eigenvalue weighted by atomic mass is 10.2. The first-order valence-electron chi connectivity index (χ1n) is 8.27. The molecule has 3 unspecified atom stereocenters. The molecule has 2 aromatic heterocycles. The van der Waals surface area contributed by atoms with E-state index in [1.807, 2.05) is 0 Å². The lowest BCUT2D eigenvalue weighted by molar-refractivity contribution is -0.0654. The van der Waals surface area contributed by atoms with Gasteiger partial charge in [0.2, 0.25) is 7.58 Å². The van der Waals surface area contributed by atoms with Gasteiger partial charge in [-0.3, -0.25) is 0 Å². The molecule has 1 aliphatic rings. The molecule has 0 spiro atoms. The lowest BCUT2D eigenvalue weighted by Gasteiger charge is -2.20. The van der Waals surface area contributed by atoms with Gasteiger partial charge in [-0.2, -0.15) is 4.52 Å². The molecule has 3 rings (SSSR count). The van der Waals surface area contributed by atoms with Gasteiger partial charge in [0.05, 0.1) is 19.3 Å². The zero-order chi connectivity index (χ0) is 20.9. The van der Waals surface area contributed by atoms with Crippen molar-refractivity contribution in [3.05, 3.63) is 18.3 Å². The summed E-state index contributed by atoms with van der Waals surface area (Å²) in [6.07, 6.45) is 1.60. The number of methoxy groups -OCH3 is 1. The van der Waals surface area contributed by atoms with Gasteiger partial charge in [-0.1, -0.05) is 12.2 Å². The van der Waals surface area contributed by atoms with Gasteiger partial charge in [-0.05, 0) is 0 Å². The predicted molar refractivity (Wildman–Crippen MR) is 112 cm³/mol. The van der Waals surface area contributed by atoms with E-state index < -0.39 is 33.2 Å². The molecule has 0 aromatic carbocycles. The summed E-state index contributed by atoms with van der Waals surface area (Å²) in [4.78, 5) is 12.6. The fourth-order valence-electron chi connectivity index (χ4n) is 2.49. The molecule has 3 atom stereocenters. The third-order valence-corrected chi connectivity index (χ3v) is 6.66. The number of hydrogen-bond donors (Lipinski definition) is 2. The first-order chi connectivity index (χ1) is 13.9. The minimum Gasteiger partial charge on any atom is -0.372 e. The summed E-state index contributed by atoms with van der Waals surface area (Å²) >= 11 is 8.42. The zero-order valence-corrected chi connectivity index (χ0v) is 18.8. The molecule has 3 heterocycles. The number of thiol groups is 2. The number of hydrogen-bond acceptors (Lipinski definition) is 10. The maximum atomic E-state index is 13.6. The van der Waals surface area contributed by atoms with E-state index in [9.17, 15) is 8.78 Å². The van der Waals surface area contributed by atoms with E-state index in [2.05, 4.69) is 39.4 Å². The fourth-order valence-corrected chi connectivity index (χ4v) is 4.76. The van der Waals surface area contributed by atoms with Gasteiger partial charge in [0, 0.05) is 7.11 Å². The van der Waals surface area contributed by atoms with Crippen LogP contribution in [0.25, 0.3) is 11.2 Å². The highest BCUT2D eigenvalue weighted by Crippen LogP contribution is 2.48. The second kappa shape index (κ2) is 10.7. The average Bonchev–Trinajstić information content (AvgIpc) is 3.20. The molecule has 160 valence electrons. The topological polar surface area (TPSA) is 89.8 Å². The molecule has 9 nitrogen and oxygen atoms in total. The van der Waals surface area contributed by atoms with Crippen molar-refractivity contribution >= 4 is 56.2 Å². The monoisotopic (exact) mass is 487 g/mol. The van der Waals surface area contributed by atoms with Crippen LogP contribution in [0.4, 0.5) is 8.78 Å². The quantitative estimate of drug-likeness (QED) is 0.390. The summed E-state index contributed by atoms with van der Waals surface area (Å²) < 4.78 is 55.0. The molecule has 1 saturated heterocycles. The van der Waals surface area contributed by atoms with E-state index in [4.69, 9.17) is 23.0 Å². The van der Waals surface area contributed by atoms with E-state index in [-0.39, 0.29) is 13.2 Å². The molecular weight excluding hydrogens is 468 g/mol. The smallest absolute Gasteiger partial charge is 0.351 e. The molecule has 29 heavy (non-hydrogen) atoms. The number of rotatable bonds is 10. The van der Waals surface area contributed by atoms with Crippen LogP contribution in [0, 0.1) is 0 Å². The van der Waals surface area contributed by atoms with E-state index >= 15 is 0 Å². The van der Waals surface area contributed by atoms with Crippen molar-refractivity contribution in [2.75, 3.05) is 26.9 Å². The van der Waals surface area contributed by atoms with Crippen molar-refractivity contribution in [2.24, 2.45) is 0 Å². The molecule has 0 N–H and O–H groups in total. The van der Waals surface area contributed by atoms with Gasteiger partial charge < -0.3 is 23.1 Å². The lowest BCUT2D eigenvalue weighted by Crippen LogP contribution is -2.32. The summed E-state index contributed by atoms with van der Waals surface area (Å²) in [5.74, 6) is -1.04. The standard InChI is InChI=1S/C14H19F2N4O5P2S2/c1-21-9-26(28)23-3-2-20-12(19-10-4-17-8-18-13(10)20)6-24-27(29)25-11-5-22-7-14(11,15)16/h4,8-9,11,28-29H,2-3,5-7H2,1H3/q+1. The second-order valence-corrected chi connectivity index (χ2v) is 9.95. The van der Waals surface area contributed by atoms with Gasteiger partial charge in [0.1, 0.15) is 49.7 Å². The number of imidazole rings is 1. The van der Waals surface area contributed by atoms with Crippen LogP contribution in [0.5, 0.6) is 0 Å². The van der Waals surface area contributed by atoms with Crippen LogP contribution in [-0.4, -0.2) is 64.5 Å². The number of nitrogens with zero attached hydrogens (tertiary/aromatic N) is 4. The minimum atomic E-state index is -3.06. The first-order valence-corrected chi connectivity index (χ1v) is 13.1. The van der Waals surface area contributed by atoms with Crippen LogP contribution < -0.4 is 0 Å². The van der Waals surface area contributed by atoms with Gasteiger partial charge in [0.25, 0.3) is 11.9 Å². The van der Waals surface area contributed by atoms with Crippen molar-refractivity contribution in [1.29, 1.82) is 0 Å². The van der Waals surface area contributed by atoms with Gasteiger partial charge in [-0.25, -0.2) is 23.7 Å². The Morgan fingerprint density at radius 2 is 2.34 bits per heavy atom. The fraction of sp³-hybridized carbons (Fsp3) is 0.571. The highest BCUT2D eigenvalue weighted by atomic mass is 32.7. The highest BCUT2D eigenvalue weighted by Gasteiger charge is 2.47. The number of fused-ring (bicyclic) bond motifs is 1. The van der Waals surface area contributed by atoms with E-state index in [0.717, 1.165) is 0 Å². The maximum absolute atomic E-state index is 13.6. The summed E-state index contributed by atoms with van der Waals surface area (Å²) in [6, 6.07) is 0. The Bertz CT molecular complexity index is 863. The maximum Gasteiger partial charge on any atom is 0.351 e. The molecule has 15 heteroatoms. The minimum absolute atomic E-state index is 0.00938. The predicted octanol–water partition coefficient (Wildman–Crippen LogP) is 3.21. The van der Waals surface area contributed by atoms with Crippen molar-refractivity contribution in [3.8, 4) is 0 Å². The molecule has 0 bridgehead atoms. The van der Waals surface area contributed by atoms with Crippen molar-refractivity contribution in [3.63, 3.8) is 0 Å². The van der Waals surface area contributed by atoms with Crippen molar-refractivity contribution in [1.82, 2.24) is 19.5 Å². The normalized spacial score (nSPS) is 20.4. The number of alkyl halides is 2. The van der Waals surface area contributed by atoms with Crippen LogP contribution in [0.15, 0.2) is 12.5 Å². The largest absolute Gasteiger partial charge is 0.372 e. The van der Waals surface area contributed by atoms with Crippen LogP contribution in [0.2, 0.25) is 0 Å². The van der Waals surface area contributed by atoms with Crippen LogP contribution >= 0.6 is 39.0 Å². The molecule has 1 fully saturated rings. The van der Waals surface area contributed by atoms with Crippen molar-refractivity contribution in [2.45, 2.75) is 25.2 Å². The van der Waals surface area contributed by atoms with Crippen molar-refractivity contribution < 1.29 is 31.8 Å². The molecule has 1 aliphatic heterocycles. The molecule has 2 aromatic rings. The molecule has 0 radical (unpaired) electrons. The number of aromatic nitrogens is 4. The molecule has 0 amide bonds. The van der Waals surface area contributed by atoms with E-state index in [1.54, 1.807) is 10.8 Å². The SMILES string of the molecule is COC=[P+](S)OCCn1c(COP(S)OC2COCC2(F)F)nc2cncnc21. The Morgan fingerprint density at radius 3 is 3.07 bits per heavy atom. The Morgan fingerprint density at radius 1 is 1.52 bits per heavy atom. The summed E-state index contributed by atoms with van der Waals surface area (Å²) in [5, 5.41) is 0. The summed E-state index contributed by atoms with van der Waals surface area (Å²) in [7, 11) is -0.336. The zero-order valence-electron chi connectivity index (χ0n) is 15.2. The third-order valence-electron chi connectivity index (χ3n) is 3.78. The summed E-state index contributed by atoms with van der Waals surface area (Å²) in [5.41, 5.74) is 1.17. The third kappa shape index (κ3) is 6.25. The van der Waals surface area contributed by atoms with Crippen LogP contribution in [-0.2, 0) is 36.2 Å². The molecule has 0 saturated carbocycles. The molecule has 0 aliphatic carbocycles. The Labute approximate surface area is 178 Å². The van der Waals surface area contributed by atoms with Gasteiger partial charge in [0.15, 0.2) is 11.8 Å². The summed E-state index contributed by atoms with van der Waals surface area (Å²) in [6.45, 7) is -1.25. The Kier molecular flexibility index (Phi) is 8.55.